The lowest BCUT2D eigenvalue weighted by Gasteiger charge is -2.33. The van der Waals surface area contributed by atoms with Gasteiger partial charge in [0, 0.05) is 6.61 Å². The number of imide groups is 1. The lowest BCUT2D eigenvalue weighted by molar-refractivity contribution is -1.02. The zero-order valence-electron chi connectivity index (χ0n) is 15.3. The molecule has 4 rings (SSSR count). The highest BCUT2D eigenvalue weighted by Gasteiger charge is 2.46. The van der Waals surface area contributed by atoms with E-state index in [1.54, 1.807) is 4.90 Å². The number of hydrogen-bond acceptors (Lipinski definition) is 3. The van der Waals surface area contributed by atoms with Gasteiger partial charge in [-0.25, -0.2) is 0 Å². The van der Waals surface area contributed by atoms with Crippen molar-refractivity contribution in [3.63, 3.8) is 0 Å². The minimum absolute atomic E-state index is 0.0106. The van der Waals surface area contributed by atoms with Crippen molar-refractivity contribution in [2.75, 3.05) is 39.3 Å². The highest BCUT2D eigenvalue weighted by atomic mass is 16.5. The Labute approximate surface area is 154 Å². The Morgan fingerprint density at radius 2 is 1.85 bits per heavy atom. The fraction of sp³-hybridized carbons (Fsp3) is 0.600. The van der Waals surface area contributed by atoms with Crippen molar-refractivity contribution >= 4 is 11.8 Å². The molecule has 3 heterocycles. The number of nitrogens with one attached hydrogen (secondary N) is 2. The maximum absolute atomic E-state index is 12.8. The summed E-state index contributed by atoms with van der Waals surface area (Å²) >= 11 is 0. The molecule has 1 aromatic rings. The number of ether oxygens (including phenoxy) is 1. The van der Waals surface area contributed by atoms with Crippen molar-refractivity contribution in [2.45, 2.75) is 38.0 Å². The van der Waals surface area contributed by atoms with Gasteiger partial charge in [-0.3, -0.25) is 14.5 Å². The van der Waals surface area contributed by atoms with Crippen molar-refractivity contribution in [3.05, 3.63) is 35.9 Å². The number of carbonyl (C=O) groups is 2. The van der Waals surface area contributed by atoms with Crippen LogP contribution < -0.4 is 9.80 Å². The number of nitrogens with zero attached hydrogens (tertiary/aromatic N) is 1. The molecule has 140 valence electrons. The molecule has 0 aromatic heterocycles. The highest BCUT2D eigenvalue weighted by Crippen LogP contribution is 2.15. The molecule has 2 atom stereocenters. The van der Waals surface area contributed by atoms with Crippen LogP contribution >= 0.6 is 0 Å². The van der Waals surface area contributed by atoms with Crippen molar-refractivity contribution in [2.24, 2.45) is 0 Å². The Balaban J connectivity index is 1.31. The summed E-state index contributed by atoms with van der Waals surface area (Å²) in [7, 11) is 0. The number of benzene rings is 1. The van der Waals surface area contributed by atoms with Crippen molar-refractivity contribution in [3.8, 4) is 0 Å². The first-order valence-electron chi connectivity index (χ1n) is 9.88. The zero-order valence-corrected chi connectivity index (χ0v) is 15.3. The van der Waals surface area contributed by atoms with Gasteiger partial charge in [0.15, 0.2) is 6.04 Å². The molecule has 1 aromatic carbocycles. The summed E-state index contributed by atoms with van der Waals surface area (Å²) in [6, 6.07) is 9.58. The molecule has 6 nitrogen and oxygen atoms in total. The summed E-state index contributed by atoms with van der Waals surface area (Å²) in [6.45, 7) is 6.45. The van der Waals surface area contributed by atoms with Crippen LogP contribution in [-0.4, -0.2) is 68.2 Å². The van der Waals surface area contributed by atoms with Gasteiger partial charge < -0.3 is 14.5 Å². The lowest BCUT2D eigenvalue weighted by atomic mass is 10.1. The Bertz CT molecular complexity index is 637. The van der Waals surface area contributed by atoms with Crippen LogP contribution in [0.3, 0.4) is 0 Å². The molecule has 0 unspecified atom stereocenters. The molecule has 0 saturated carbocycles. The van der Waals surface area contributed by atoms with E-state index in [2.05, 4.69) is 0 Å². The van der Waals surface area contributed by atoms with E-state index in [-0.39, 0.29) is 17.9 Å². The average molecular weight is 359 g/mol. The number of likely N-dealkylation sites (tertiary alicyclic amines) is 1. The third-order valence-corrected chi connectivity index (χ3v) is 6.06. The zero-order chi connectivity index (χ0) is 17.9. The first-order chi connectivity index (χ1) is 12.7. The van der Waals surface area contributed by atoms with E-state index in [1.165, 1.54) is 22.6 Å². The summed E-state index contributed by atoms with van der Waals surface area (Å²) in [5.41, 5.74) is 1.01. The molecule has 0 spiro atoms. The molecular formula is C20H29N3O3+2. The van der Waals surface area contributed by atoms with E-state index in [1.807, 2.05) is 30.3 Å². The molecule has 3 aliphatic rings. The lowest BCUT2D eigenvalue weighted by Crippen LogP contribution is -3.30. The summed E-state index contributed by atoms with van der Waals surface area (Å²) < 4.78 is 5.75. The van der Waals surface area contributed by atoms with Crippen LogP contribution in [0, 0.1) is 0 Å². The molecule has 6 heteroatoms. The SMILES string of the molecule is O=C1C[C@@H]([NH+]2CC[NH+](C[C@@H]3CCCO3)CC2)C(=O)N1Cc1ccccc1. The van der Waals surface area contributed by atoms with Gasteiger partial charge >= 0.3 is 0 Å². The van der Waals surface area contributed by atoms with Gasteiger partial charge in [0.1, 0.15) is 38.8 Å². The first-order valence-corrected chi connectivity index (χ1v) is 9.88. The molecule has 3 fully saturated rings. The van der Waals surface area contributed by atoms with Gasteiger partial charge in [-0.1, -0.05) is 30.3 Å². The minimum atomic E-state index is -0.185. The van der Waals surface area contributed by atoms with Crippen LogP contribution in [0.2, 0.25) is 0 Å². The fourth-order valence-electron chi connectivity index (χ4n) is 4.54. The van der Waals surface area contributed by atoms with Gasteiger partial charge in [0.05, 0.1) is 13.0 Å². The predicted molar refractivity (Wildman–Crippen MR) is 95.6 cm³/mol. The smallest absolute Gasteiger partial charge is 0.288 e. The van der Waals surface area contributed by atoms with E-state index < -0.39 is 0 Å². The second-order valence-corrected chi connectivity index (χ2v) is 7.81. The first kappa shape index (κ1) is 17.6. The van der Waals surface area contributed by atoms with Gasteiger partial charge in [-0.2, -0.15) is 0 Å². The van der Waals surface area contributed by atoms with Crippen LogP contribution in [0.15, 0.2) is 30.3 Å². The second kappa shape index (κ2) is 7.86. The number of amides is 2. The Morgan fingerprint density at radius 1 is 1.08 bits per heavy atom. The standard InChI is InChI=1S/C20H27N3O3/c24-19-13-18(20(25)23(19)14-16-5-2-1-3-6-16)22-10-8-21(9-11-22)15-17-7-4-12-26-17/h1-3,5-6,17-18H,4,7-15H2/p+2/t17-,18+/m0/s1. The highest BCUT2D eigenvalue weighted by molar-refractivity contribution is 6.04. The molecule has 2 N–H and O–H groups in total. The summed E-state index contributed by atoms with van der Waals surface area (Å²) in [5.74, 6) is -0.0121. The van der Waals surface area contributed by atoms with Gasteiger partial charge in [-0.05, 0) is 18.4 Å². The molecule has 0 radical (unpaired) electrons. The minimum Gasteiger partial charge on any atom is -0.372 e. The second-order valence-electron chi connectivity index (χ2n) is 7.81. The van der Waals surface area contributed by atoms with Crippen molar-refractivity contribution in [1.29, 1.82) is 0 Å². The maximum Gasteiger partial charge on any atom is 0.288 e. The van der Waals surface area contributed by atoms with Gasteiger partial charge in [-0.15, -0.1) is 0 Å². The number of hydrogen-bond donors (Lipinski definition) is 2. The van der Waals surface area contributed by atoms with Crippen LogP contribution in [0.5, 0.6) is 0 Å². The van der Waals surface area contributed by atoms with E-state index in [4.69, 9.17) is 4.74 Å². The Morgan fingerprint density at radius 3 is 2.54 bits per heavy atom. The summed E-state index contributed by atoms with van der Waals surface area (Å²) in [5, 5.41) is 0. The van der Waals surface area contributed by atoms with Crippen LogP contribution in [0.25, 0.3) is 0 Å². The molecule has 3 saturated heterocycles. The number of rotatable bonds is 5. The summed E-state index contributed by atoms with van der Waals surface area (Å²) in [4.78, 5) is 29.6. The van der Waals surface area contributed by atoms with Crippen LogP contribution in [0.4, 0.5) is 0 Å². The summed E-state index contributed by atoms with van der Waals surface area (Å²) in [6.07, 6.45) is 3.15. The topological polar surface area (TPSA) is 55.5 Å². The van der Waals surface area contributed by atoms with Gasteiger partial charge in [0.2, 0.25) is 5.91 Å². The largest absolute Gasteiger partial charge is 0.372 e. The molecule has 0 bridgehead atoms. The van der Waals surface area contributed by atoms with E-state index in [0.717, 1.165) is 44.9 Å². The van der Waals surface area contributed by atoms with E-state index >= 15 is 0 Å². The predicted octanol–water partition coefficient (Wildman–Crippen LogP) is -1.72. The van der Waals surface area contributed by atoms with Crippen molar-refractivity contribution in [1.82, 2.24) is 4.90 Å². The Kier molecular flexibility index (Phi) is 5.33. The average Bonchev–Trinajstić information content (AvgIpc) is 3.27. The third kappa shape index (κ3) is 3.82. The monoisotopic (exact) mass is 359 g/mol. The number of piperazine rings is 1. The molecular weight excluding hydrogens is 330 g/mol. The normalized spacial score (nSPS) is 32.4. The molecule has 0 aliphatic carbocycles. The number of quaternary nitrogens is 2. The van der Waals surface area contributed by atoms with Crippen LogP contribution in [0.1, 0.15) is 24.8 Å². The maximum atomic E-state index is 12.8. The molecule has 2 amide bonds. The quantitative estimate of drug-likeness (QED) is 0.615. The third-order valence-electron chi connectivity index (χ3n) is 6.06. The molecule has 26 heavy (non-hydrogen) atoms. The van der Waals surface area contributed by atoms with Gasteiger partial charge in [0.25, 0.3) is 5.91 Å². The fourth-order valence-corrected chi connectivity index (χ4v) is 4.54. The molecule has 3 aliphatic heterocycles. The van der Waals surface area contributed by atoms with Crippen molar-refractivity contribution < 1.29 is 24.1 Å². The van der Waals surface area contributed by atoms with E-state index in [0.29, 0.717) is 19.1 Å². The van der Waals surface area contributed by atoms with Crippen LogP contribution in [-0.2, 0) is 20.9 Å². The number of carbonyl (C=O) groups excluding carboxylic acids is 2. The van der Waals surface area contributed by atoms with E-state index in [9.17, 15) is 9.59 Å². The Hall–Kier alpha value is -1.76.